The lowest BCUT2D eigenvalue weighted by molar-refractivity contribution is 0.231. The van der Waals surface area contributed by atoms with Crippen LogP contribution >= 0.6 is 0 Å². The fourth-order valence-electron chi connectivity index (χ4n) is 2.54. The van der Waals surface area contributed by atoms with Gasteiger partial charge in [-0.2, -0.15) is 0 Å². The number of ether oxygens (including phenoxy) is 1. The minimum atomic E-state index is -0.804. The van der Waals surface area contributed by atoms with Crippen molar-refractivity contribution in [2.75, 3.05) is 6.61 Å². The van der Waals surface area contributed by atoms with E-state index in [1.807, 2.05) is 13.2 Å². The van der Waals surface area contributed by atoms with E-state index < -0.39 is 11.6 Å². The lowest BCUT2D eigenvalue weighted by atomic mass is 10.0. The summed E-state index contributed by atoms with van der Waals surface area (Å²) in [6, 6.07) is 4.25. The van der Waals surface area contributed by atoms with E-state index in [4.69, 9.17) is 4.74 Å². The van der Waals surface area contributed by atoms with Crippen LogP contribution in [0.3, 0.4) is 0 Å². The van der Waals surface area contributed by atoms with Crippen LogP contribution in [0.2, 0.25) is 0 Å². The smallest absolute Gasteiger partial charge is 0.159 e. The largest absolute Gasteiger partial charge is 0.501 e. The molecule has 0 amide bonds. The molecule has 1 N–H and O–H groups in total. The van der Waals surface area contributed by atoms with Gasteiger partial charge in [-0.1, -0.05) is 25.3 Å². The van der Waals surface area contributed by atoms with Crippen LogP contribution in [0.15, 0.2) is 30.0 Å². The third kappa shape index (κ3) is 5.12. The quantitative estimate of drug-likeness (QED) is 0.897. The molecule has 2 rings (SSSR count). The van der Waals surface area contributed by atoms with Gasteiger partial charge in [0, 0.05) is 12.6 Å². The highest BCUT2D eigenvalue weighted by molar-refractivity contribution is 5.18. The number of benzene rings is 1. The molecule has 116 valence electrons. The zero-order chi connectivity index (χ0) is 15.1. The molecule has 1 aromatic rings. The van der Waals surface area contributed by atoms with Crippen LogP contribution in [0.1, 0.15) is 44.6 Å². The molecule has 21 heavy (non-hydrogen) atoms. The number of halogens is 2. The van der Waals surface area contributed by atoms with Gasteiger partial charge in [0.1, 0.15) is 0 Å². The zero-order valence-electron chi connectivity index (χ0n) is 12.5. The predicted octanol–water partition coefficient (Wildman–Crippen LogP) is 4.31. The summed E-state index contributed by atoms with van der Waals surface area (Å²) in [7, 11) is 0. The molecule has 0 unspecified atom stereocenters. The molecule has 1 aromatic carbocycles. The molecule has 0 saturated carbocycles. The molecule has 0 spiro atoms. The van der Waals surface area contributed by atoms with Gasteiger partial charge < -0.3 is 10.1 Å². The molecule has 0 aromatic heterocycles. The Kier molecular flexibility index (Phi) is 6.18. The van der Waals surface area contributed by atoms with Gasteiger partial charge in [-0.05, 0) is 43.0 Å². The summed E-state index contributed by atoms with van der Waals surface area (Å²) in [4.78, 5) is 0. The van der Waals surface area contributed by atoms with Gasteiger partial charge in [-0.25, -0.2) is 8.78 Å². The predicted molar refractivity (Wildman–Crippen MR) is 79.8 cm³/mol. The van der Waals surface area contributed by atoms with Crippen LogP contribution < -0.4 is 5.32 Å². The summed E-state index contributed by atoms with van der Waals surface area (Å²) in [6.45, 7) is 3.34. The molecule has 1 aliphatic rings. The molecule has 1 atom stereocenters. The van der Waals surface area contributed by atoms with Crippen LogP contribution in [0.5, 0.6) is 0 Å². The second-order valence-corrected chi connectivity index (χ2v) is 5.62. The van der Waals surface area contributed by atoms with Crippen molar-refractivity contribution in [3.8, 4) is 0 Å². The normalized spacial score (nSPS) is 23.0. The first kappa shape index (κ1) is 16.0. The molecule has 4 heteroatoms. The van der Waals surface area contributed by atoms with Crippen molar-refractivity contribution in [1.82, 2.24) is 5.32 Å². The summed E-state index contributed by atoms with van der Waals surface area (Å²) in [5.41, 5.74) is 1.90. The van der Waals surface area contributed by atoms with Crippen molar-refractivity contribution in [3.63, 3.8) is 0 Å². The van der Waals surface area contributed by atoms with E-state index >= 15 is 0 Å². The van der Waals surface area contributed by atoms with Gasteiger partial charge in [-0.3, -0.25) is 0 Å². The first-order chi connectivity index (χ1) is 10.2. The van der Waals surface area contributed by atoms with Gasteiger partial charge in [-0.15, -0.1) is 0 Å². The maximum absolute atomic E-state index is 13.2. The lowest BCUT2D eigenvalue weighted by Gasteiger charge is -2.21. The zero-order valence-corrected chi connectivity index (χ0v) is 12.5. The van der Waals surface area contributed by atoms with Crippen molar-refractivity contribution in [3.05, 3.63) is 47.2 Å². The first-order valence-electron chi connectivity index (χ1n) is 7.62. The number of rotatable bonds is 3. The standard InChI is InChI=1S/C17H23F2NO/c1-13-12-21-9-5-3-2-4-6-17(13)20-11-14-7-8-15(18)16(19)10-14/h7-8,10,12,17,20H,2-6,9,11H2,1H3/b13-12+/t17-/m1/s1. The molecule has 0 radical (unpaired) electrons. The molecule has 2 nitrogen and oxygen atoms in total. The Hall–Kier alpha value is -1.42. The van der Waals surface area contributed by atoms with Crippen LogP contribution in [-0.2, 0) is 11.3 Å². The van der Waals surface area contributed by atoms with E-state index in [0.29, 0.717) is 6.54 Å². The molecule has 0 saturated heterocycles. The third-order valence-electron chi connectivity index (χ3n) is 3.86. The topological polar surface area (TPSA) is 21.3 Å². The maximum atomic E-state index is 13.2. The Morgan fingerprint density at radius 2 is 1.95 bits per heavy atom. The van der Waals surface area contributed by atoms with E-state index in [1.165, 1.54) is 31.4 Å². The fraction of sp³-hybridized carbons (Fsp3) is 0.529. The number of hydrogen-bond acceptors (Lipinski definition) is 2. The summed E-state index contributed by atoms with van der Waals surface area (Å²) in [6.07, 6.45) is 7.55. The highest BCUT2D eigenvalue weighted by atomic mass is 19.2. The minimum absolute atomic E-state index is 0.219. The molecular weight excluding hydrogens is 272 g/mol. The first-order valence-corrected chi connectivity index (χ1v) is 7.62. The number of nitrogens with one attached hydrogen (secondary N) is 1. The second-order valence-electron chi connectivity index (χ2n) is 5.62. The molecular formula is C17H23F2NO. The minimum Gasteiger partial charge on any atom is -0.501 e. The van der Waals surface area contributed by atoms with Crippen molar-refractivity contribution < 1.29 is 13.5 Å². The van der Waals surface area contributed by atoms with Gasteiger partial charge in [0.15, 0.2) is 11.6 Å². The highest BCUT2D eigenvalue weighted by Crippen LogP contribution is 2.16. The third-order valence-corrected chi connectivity index (χ3v) is 3.86. The van der Waals surface area contributed by atoms with Gasteiger partial charge in [0.2, 0.25) is 0 Å². The highest BCUT2D eigenvalue weighted by Gasteiger charge is 2.12. The fourth-order valence-corrected chi connectivity index (χ4v) is 2.54. The van der Waals surface area contributed by atoms with Crippen molar-refractivity contribution in [1.29, 1.82) is 0 Å². The lowest BCUT2D eigenvalue weighted by Crippen LogP contribution is -2.30. The molecule has 1 heterocycles. The van der Waals surface area contributed by atoms with Crippen molar-refractivity contribution >= 4 is 0 Å². The molecule has 0 bridgehead atoms. The Morgan fingerprint density at radius 3 is 2.76 bits per heavy atom. The van der Waals surface area contributed by atoms with Crippen LogP contribution in [0.25, 0.3) is 0 Å². The van der Waals surface area contributed by atoms with Crippen molar-refractivity contribution in [2.45, 2.75) is 51.6 Å². The summed E-state index contributed by atoms with van der Waals surface area (Å²) in [5.74, 6) is -1.60. The van der Waals surface area contributed by atoms with E-state index in [2.05, 4.69) is 5.32 Å². The van der Waals surface area contributed by atoms with E-state index in [0.717, 1.165) is 30.6 Å². The average molecular weight is 295 g/mol. The second kappa shape index (κ2) is 8.13. The van der Waals surface area contributed by atoms with Gasteiger partial charge in [0.25, 0.3) is 0 Å². The van der Waals surface area contributed by atoms with Crippen LogP contribution in [0.4, 0.5) is 8.78 Å². The molecule has 0 aliphatic carbocycles. The van der Waals surface area contributed by atoms with Gasteiger partial charge in [0.05, 0.1) is 12.9 Å². The van der Waals surface area contributed by atoms with Gasteiger partial charge >= 0.3 is 0 Å². The molecule has 1 aliphatic heterocycles. The van der Waals surface area contributed by atoms with E-state index in [-0.39, 0.29) is 6.04 Å². The Morgan fingerprint density at radius 1 is 1.14 bits per heavy atom. The monoisotopic (exact) mass is 295 g/mol. The summed E-state index contributed by atoms with van der Waals surface area (Å²) in [5, 5.41) is 3.41. The Bertz CT molecular complexity index is 488. The van der Waals surface area contributed by atoms with E-state index in [1.54, 1.807) is 6.07 Å². The SMILES string of the molecule is C/C1=C\OCCCCCC[C@H]1NCc1ccc(F)c(F)c1. The summed E-state index contributed by atoms with van der Waals surface area (Å²) < 4.78 is 31.6. The maximum Gasteiger partial charge on any atom is 0.159 e. The van der Waals surface area contributed by atoms with Crippen LogP contribution in [-0.4, -0.2) is 12.6 Å². The Balaban J connectivity index is 1.95. The molecule has 0 fully saturated rings. The van der Waals surface area contributed by atoms with E-state index in [9.17, 15) is 8.78 Å². The Labute approximate surface area is 125 Å². The van der Waals surface area contributed by atoms with Crippen LogP contribution in [0, 0.1) is 11.6 Å². The number of hydrogen-bond donors (Lipinski definition) is 1. The average Bonchev–Trinajstić information content (AvgIpc) is 2.48. The van der Waals surface area contributed by atoms with Crippen molar-refractivity contribution in [2.24, 2.45) is 0 Å². The summed E-state index contributed by atoms with van der Waals surface area (Å²) >= 11 is 0.